The third kappa shape index (κ3) is 6.32. The molecule has 2 atom stereocenters. The Labute approximate surface area is 238 Å². The highest BCUT2D eigenvalue weighted by molar-refractivity contribution is 7.91. The van der Waals surface area contributed by atoms with Crippen LogP contribution in [0, 0.1) is 11.3 Å². The second kappa shape index (κ2) is 12.0. The lowest BCUT2D eigenvalue weighted by molar-refractivity contribution is -0.128. The molecule has 214 valence electrons. The van der Waals surface area contributed by atoms with Gasteiger partial charge in [0.15, 0.2) is 9.84 Å². The minimum Gasteiger partial charge on any atom is -0.496 e. The van der Waals surface area contributed by atoms with E-state index in [-0.39, 0.29) is 30.0 Å². The van der Waals surface area contributed by atoms with Crippen molar-refractivity contribution in [1.82, 2.24) is 10.6 Å². The van der Waals surface area contributed by atoms with Crippen molar-refractivity contribution in [3.8, 4) is 11.8 Å². The number of sulfone groups is 1. The van der Waals surface area contributed by atoms with Gasteiger partial charge in [-0.05, 0) is 49.0 Å². The number of ether oxygens (including phenoxy) is 1. The summed E-state index contributed by atoms with van der Waals surface area (Å²) in [6, 6.07) is 15.9. The molecule has 11 nitrogen and oxygen atoms in total. The predicted octanol–water partition coefficient (Wildman–Crippen LogP) is 1.74. The molecule has 0 fully saturated rings. The molecule has 0 aliphatic carbocycles. The standard InChI is InChI=1S/C29H31N5O6S/c1-18(31-2)28(36)32-23-16-33(27(35)17-41(4,38)39)24-11-9-19(14-30)13-25(24)34(29(23)37)15-22-21-8-6-5-7-20(21)10-12-26(22)40-3/h5-13,18,23,31H,15-17H2,1-4H3,(H,32,36)/t18-,23-/m0/s1. The lowest BCUT2D eigenvalue weighted by Gasteiger charge is -2.27. The van der Waals surface area contributed by atoms with Crippen LogP contribution in [0.25, 0.3) is 10.8 Å². The second-order valence-corrected chi connectivity index (χ2v) is 12.0. The molecule has 0 saturated heterocycles. The summed E-state index contributed by atoms with van der Waals surface area (Å²) in [6.07, 6.45) is 0.945. The summed E-state index contributed by atoms with van der Waals surface area (Å²) >= 11 is 0. The summed E-state index contributed by atoms with van der Waals surface area (Å²) < 4.78 is 29.8. The third-order valence-corrected chi connectivity index (χ3v) is 7.75. The molecular weight excluding hydrogens is 546 g/mol. The van der Waals surface area contributed by atoms with E-state index in [1.54, 1.807) is 20.0 Å². The van der Waals surface area contributed by atoms with E-state index < -0.39 is 45.4 Å². The van der Waals surface area contributed by atoms with Gasteiger partial charge in [0, 0.05) is 11.8 Å². The number of carbonyl (C=O) groups is 3. The number of nitrogens with zero attached hydrogens (tertiary/aromatic N) is 3. The third-order valence-electron chi connectivity index (χ3n) is 6.98. The maximum atomic E-state index is 14.3. The van der Waals surface area contributed by atoms with Crippen molar-refractivity contribution in [2.75, 3.05) is 42.5 Å². The van der Waals surface area contributed by atoms with E-state index in [1.165, 1.54) is 35.1 Å². The summed E-state index contributed by atoms with van der Waals surface area (Å²) in [5, 5.41) is 16.9. The van der Waals surface area contributed by atoms with E-state index in [0.717, 1.165) is 17.0 Å². The van der Waals surface area contributed by atoms with Gasteiger partial charge in [-0.2, -0.15) is 5.26 Å². The zero-order chi connectivity index (χ0) is 29.9. The smallest absolute Gasteiger partial charge is 0.251 e. The van der Waals surface area contributed by atoms with Crippen LogP contribution in [-0.4, -0.2) is 70.9 Å². The second-order valence-electron chi connectivity index (χ2n) is 9.85. The first-order chi connectivity index (χ1) is 19.5. The highest BCUT2D eigenvalue weighted by Crippen LogP contribution is 2.38. The maximum absolute atomic E-state index is 14.3. The SMILES string of the molecule is CN[C@@H](C)C(=O)N[C@H]1CN(C(=O)CS(C)(=O)=O)c2ccc(C#N)cc2N(Cc2c(OC)ccc3ccccc23)C1=O. The number of anilines is 2. The number of hydrogen-bond acceptors (Lipinski definition) is 8. The summed E-state index contributed by atoms with van der Waals surface area (Å²) in [5.41, 5.74) is 1.37. The van der Waals surface area contributed by atoms with Crippen LogP contribution in [-0.2, 0) is 30.8 Å². The first-order valence-corrected chi connectivity index (χ1v) is 14.9. The van der Waals surface area contributed by atoms with E-state index in [1.807, 2.05) is 30.3 Å². The summed E-state index contributed by atoms with van der Waals surface area (Å²) in [5.74, 6) is -2.06. The molecule has 12 heteroatoms. The van der Waals surface area contributed by atoms with Crippen LogP contribution in [0.4, 0.5) is 11.4 Å². The number of nitrogens with one attached hydrogen (secondary N) is 2. The van der Waals surface area contributed by atoms with Crippen molar-refractivity contribution in [2.45, 2.75) is 25.6 Å². The fraction of sp³-hybridized carbons (Fsp3) is 0.310. The minimum atomic E-state index is -3.72. The molecular formula is C29H31N5O6S. The van der Waals surface area contributed by atoms with Crippen LogP contribution in [0.1, 0.15) is 18.1 Å². The van der Waals surface area contributed by atoms with Gasteiger partial charge in [-0.1, -0.05) is 30.3 Å². The van der Waals surface area contributed by atoms with E-state index in [4.69, 9.17) is 4.74 Å². The fourth-order valence-corrected chi connectivity index (χ4v) is 5.37. The van der Waals surface area contributed by atoms with Crippen LogP contribution in [0.2, 0.25) is 0 Å². The molecule has 2 N–H and O–H groups in total. The molecule has 3 aromatic carbocycles. The number of nitriles is 1. The normalized spacial score (nSPS) is 16.0. The number of likely N-dealkylation sites (N-methyl/N-ethyl adjacent to an activating group) is 1. The fourth-order valence-electron chi connectivity index (χ4n) is 4.77. The van der Waals surface area contributed by atoms with Gasteiger partial charge in [0.05, 0.1) is 49.2 Å². The Bertz CT molecular complexity index is 1670. The van der Waals surface area contributed by atoms with Crippen LogP contribution < -0.4 is 25.2 Å². The predicted molar refractivity (Wildman–Crippen MR) is 155 cm³/mol. The molecule has 0 saturated carbocycles. The Morgan fingerprint density at radius 1 is 1.15 bits per heavy atom. The van der Waals surface area contributed by atoms with Gasteiger partial charge in [-0.25, -0.2) is 8.42 Å². The van der Waals surface area contributed by atoms with Crippen molar-refractivity contribution in [2.24, 2.45) is 0 Å². The first-order valence-electron chi connectivity index (χ1n) is 12.8. The summed E-state index contributed by atoms with van der Waals surface area (Å²) in [4.78, 5) is 43.1. The molecule has 0 unspecified atom stereocenters. The van der Waals surface area contributed by atoms with Crippen molar-refractivity contribution < 1.29 is 27.5 Å². The first kappa shape index (κ1) is 29.5. The molecule has 1 aliphatic heterocycles. The van der Waals surface area contributed by atoms with Crippen LogP contribution in [0.15, 0.2) is 54.6 Å². The van der Waals surface area contributed by atoms with E-state index >= 15 is 0 Å². The Morgan fingerprint density at radius 3 is 2.54 bits per heavy atom. The number of fused-ring (bicyclic) bond motifs is 2. The molecule has 4 rings (SSSR count). The van der Waals surface area contributed by atoms with Crippen LogP contribution in [0.5, 0.6) is 5.75 Å². The van der Waals surface area contributed by atoms with Crippen molar-refractivity contribution >= 4 is 49.7 Å². The molecule has 0 bridgehead atoms. The van der Waals surface area contributed by atoms with Gasteiger partial charge in [0.2, 0.25) is 11.8 Å². The van der Waals surface area contributed by atoms with Crippen LogP contribution in [0.3, 0.4) is 0 Å². The number of amides is 3. The molecule has 0 spiro atoms. The maximum Gasteiger partial charge on any atom is 0.251 e. The molecule has 3 aromatic rings. The van der Waals surface area contributed by atoms with Crippen LogP contribution >= 0.6 is 0 Å². The molecule has 41 heavy (non-hydrogen) atoms. The van der Waals surface area contributed by atoms with Gasteiger partial charge in [0.1, 0.15) is 17.5 Å². The number of carbonyl (C=O) groups excluding carboxylic acids is 3. The topological polar surface area (TPSA) is 149 Å². The largest absolute Gasteiger partial charge is 0.496 e. The average Bonchev–Trinajstić information content (AvgIpc) is 3.06. The minimum absolute atomic E-state index is 0.0205. The Hall–Kier alpha value is -4.47. The molecule has 0 radical (unpaired) electrons. The highest BCUT2D eigenvalue weighted by atomic mass is 32.2. The Kier molecular flexibility index (Phi) is 8.60. The lowest BCUT2D eigenvalue weighted by atomic mass is 10.0. The summed E-state index contributed by atoms with van der Waals surface area (Å²) in [7, 11) is -0.605. The zero-order valence-electron chi connectivity index (χ0n) is 23.2. The Balaban J connectivity index is 1.93. The van der Waals surface area contributed by atoms with Crippen molar-refractivity contribution in [3.05, 3.63) is 65.7 Å². The number of benzene rings is 3. The number of methoxy groups -OCH3 is 1. The number of rotatable bonds is 8. The molecule has 1 heterocycles. The monoisotopic (exact) mass is 577 g/mol. The van der Waals surface area contributed by atoms with E-state index in [9.17, 15) is 28.1 Å². The van der Waals surface area contributed by atoms with Gasteiger partial charge < -0.3 is 25.2 Å². The number of hydrogen-bond donors (Lipinski definition) is 2. The van der Waals surface area contributed by atoms with Gasteiger partial charge in [-0.15, -0.1) is 0 Å². The quantitative estimate of drug-likeness (QED) is 0.411. The van der Waals surface area contributed by atoms with Gasteiger partial charge in [-0.3, -0.25) is 14.4 Å². The lowest BCUT2D eigenvalue weighted by Crippen LogP contribution is -2.56. The molecule has 1 aliphatic rings. The van der Waals surface area contributed by atoms with Gasteiger partial charge >= 0.3 is 0 Å². The van der Waals surface area contributed by atoms with Crippen molar-refractivity contribution in [1.29, 1.82) is 5.26 Å². The molecule has 0 aromatic heterocycles. The van der Waals surface area contributed by atoms with E-state index in [2.05, 4.69) is 16.7 Å². The Morgan fingerprint density at radius 2 is 1.88 bits per heavy atom. The average molecular weight is 578 g/mol. The van der Waals surface area contributed by atoms with E-state index in [0.29, 0.717) is 11.3 Å². The highest BCUT2D eigenvalue weighted by Gasteiger charge is 2.38. The van der Waals surface area contributed by atoms with Crippen molar-refractivity contribution in [3.63, 3.8) is 0 Å². The summed E-state index contributed by atoms with van der Waals surface area (Å²) in [6.45, 7) is 1.29. The zero-order valence-corrected chi connectivity index (χ0v) is 24.0. The van der Waals surface area contributed by atoms with Gasteiger partial charge in [0.25, 0.3) is 5.91 Å². The molecule has 3 amide bonds.